The summed E-state index contributed by atoms with van der Waals surface area (Å²) < 4.78 is 7.52. The lowest BCUT2D eigenvalue weighted by molar-refractivity contribution is 0.103. The number of aromatic nitrogens is 2. The van der Waals surface area contributed by atoms with Crippen LogP contribution in [-0.4, -0.2) is 20.6 Å². The van der Waals surface area contributed by atoms with E-state index in [1.54, 1.807) is 29.8 Å². The lowest BCUT2D eigenvalue weighted by Crippen LogP contribution is -2.15. The lowest BCUT2D eigenvalue weighted by atomic mass is 10.0. The second-order valence-corrected chi connectivity index (χ2v) is 7.63. The van der Waals surface area contributed by atoms with Crippen molar-refractivity contribution in [2.75, 3.05) is 0 Å². The fraction of sp³-hybridized carbons (Fsp3) is 0.136. The average Bonchev–Trinajstić information content (AvgIpc) is 2.97. The highest BCUT2D eigenvalue weighted by Crippen LogP contribution is 2.30. The number of ketones is 1. The van der Waals surface area contributed by atoms with E-state index in [-0.39, 0.29) is 16.7 Å². The number of ether oxygens (including phenoxy) is 1. The van der Waals surface area contributed by atoms with Gasteiger partial charge in [-0.25, -0.2) is 4.68 Å². The van der Waals surface area contributed by atoms with Gasteiger partial charge >= 0.3 is 0 Å². The molecule has 0 spiro atoms. The Kier molecular flexibility index (Phi) is 6.85. The maximum atomic E-state index is 13.2. The molecule has 0 unspecified atom stereocenters. The molecule has 1 aromatic heterocycles. The van der Waals surface area contributed by atoms with Crippen LogP contribution < -0.4 is 4.74 Å². The van der Waals surface area contributed by atoms with Gasteiger partial charge in [-0.1, -0.05) is 59.6 Å². The second-order valence-electron chi connectivity index (χ2n) is 6.33. The van der Waals surface area contributed by atoms with Crippen molar-refractivity contribution in [3.8, 4) is 5.88 Å². The van der Waals surface area contributed by atoms with Crippen molar-refractivity contribution in [3.05, 3.63) is 93.6 Å². The number of allylic oxidation sites excluding steroid dienone is 1. The second kappa shape index (κ2) is 9.35. The van der Waals surface area contributed by atoms with Crippen LogP contribution in [0.3, 0.4) is 0 Å². The molecule has 0 saturated carbocycles. The SMILES string of the molecule is C=CCn1nc(C)c(C(=O)c2ccc(Cl)cc2Cl)c1OC(=S)Cc1ccccc1. The van der Waals surface area contributed by atoms with Gasteiger partial charge in [0.2, 0.25) is 11.7 Å². The van der Waals surface area contributed by atoms with Crippen molar-refractivity contribution in [2.24, 2.45) is 0 Å². The molecule has 0 amide bonds. The van der Waals surface area contributed by atoms with Gasteiger partial charge in [-0.3, -0.25) is 4.79 Å². The van der Waals surface area contributed by atoms with Crippen LogP contribution in [0.25, 0.3) is 0 Å². The van der Waals surface area contributed by atoms with Gasteiger partial charge in [-0.05, 0) is 42.9 Å². The molecule has 3 aromatic rings. The Labute approximate surface area is 184 Å². The summed E-state index contributed by atoms with van der Waals surface area (Å²) in [7, 11) is 0. The molecule has 148 valence electrons. The summed E-state index contributed by atoms with van der Waals surface area (Å²) in [4.78, 5) is 13.2. The molecule has 29 heavy (non-hydrogen) atoms. The molecule has 0 aliphatic carbocycles. The first-order valence-corrected chi connectivity index (χ1v) is 9.99. The lowest BCUT2D eigenvalue weighted by Gasteiger charge is -2.11. The van der Waals surface area contributed by atoms with Gasteiger partial charge in [-0.2, -0.15) is 5.10 Å². The van der Waals surface area contributed by atoms with E-state index < -0.39 is 0 Å². The zero-order valence-corrected chi connectivity index (χ0v) is 18.0. The minimum Gasteiger partial charge on any atom is -0.431 e. The first-order valence-electron chi connectivity index (χ1n) is 8.83. The Hall–Kier alpha value is -2.47. The summed E-state index contributed by atoms with van der Waals surface area (Å²) in [5.74, 6) is -0.0312. The van der Waals surface area contributed by atoms with Gasteiger partial charge in [0.05, 0.1) is 17.3 Å². The fourth-order valence-corrected chi connectivity index (χ4v) is 3.63. The molecule has 0 N–H and O–H groups in total. The van der Waals surface area contributed by atoms with Crippen molar-refractivity contribution in [1.82, 2.24) is 9.78 Å². The number of benzene rings is 2. The van der Waals surface area contributed by atoms with Crippen molar-refractivity contribution in [3.63, 3.8) is 0 Å². The molecule has 0 radical (unpaired) electrons. The van der Waals surface area contributed by atoms with Crippen LogP contribution in [0.5, 0.6) is 5.88 Å². The molecule has 0 aliphatic rings. The van der Waals surface area contributed by atoms with Crippen LogP contribution in [0.15, 0.2) is 61.2 Å². The van der Waals surface area contributed by atoms with Gasteiger partial charge < -0.3 is 4.74 Å². The third-order valence-corrected chi connectivity index (χ3v) is 4.96. The van der Waals surface area contributed by atoms with Gasteiger partial charge in [0.15, 0.2) is 5.05 Å². The molecule has 7 heteroatoms. The zero-order chi connectivity index (χ0) is 21.0. The predicted octanol–water partition coefficient (Wildman–Crippen LogP) is 5.86. The van der Waals surface area contributed by atoms with E-state index in [4.69, 9.17) is 40.2 Å². The number of hydrogen-bond acceptors (Lipinski definition) is 4. The number of thiocarbonyl (C=S) groups is 1. The molecule has 2 aromatic carbocycles. The predicted molar refractivity (Wildman–Crippen MR) is 120 cm³/mol. The monoisotopic (exact) mass is 444 g/mol. The van der Waals surface area contributed by atoms with Crippen LogP contribution in [-0.2, 0) is 13.0 Å². The zero-order valence-electron chi connectivity index (χ0n) is 15.7. The smallest absolute Gasteiger partial charge is 0.230 e. The number of aryl methyl sites for hydroxylation is 1. The Morgan fingerprint density at radius 3 is 2.62 bits per heavy atom. The standard InChI is InChI=1S/C22H18Cl2N2O2S/c1-3-11-26-22(28-19(29)12-15-7-5-4-6-8-15)20(14(2)25-26)21(27)17-10-9-16(23)13-18(17)24/h3-10,13H,1,11-12H2,2H3. The maximum Gasteiger partial charge on any atom is 0.230 e. The molecule has 1 heterocycles. The van der Waals surface area contributed by atoms with Crippen LogP contribution in [0.4, 0.5) is 0 Å². The van der Waals surface area contributed by atoms with Gasteiger partial charge in [-0.15, -0.1) is 6.58 Å². The van der Waals surface area contributed by atoms with Crippen LogP contribution in [0.2, 0.25) is 10.0 Å². The van der Waals surface area contributed by atoms with E-state index in [0.29, 0.717) is 39.9 Å². The Morgan fingerprint density at radius 1 is 1.24 bits per heavy atom. The minimum absolute atomic E-state index is 0.260. The fourth-order valence-electron chi connectivity index (χ4n) is 2.89. The largest absolute Gasteiger partial charge is 0.431 e. The minimum atomic E-state index is -0.308. The topological polar surface area (TPSA) is 44.1 Å². The Bertz CT molecular complexity index is 1080. The number of carbonyl (C=O) groups is 1. The first-order chi connectivity index (χ1) is 13.9. The molecule has 0 aliphatic heterocycles. The highest BCUT2D eigenvalue weighted by Gasteiger charge is 2.26. The molecule has 4 nitrogen and oxygen atoms in total. The van der Waals surface area contributed by atoms with E-state index in [1.165, 1.54) is 6.07 Å². The van der Waals surface area contributed by atoms with Crippen molar-refractivity contribution in [1.29, 1.82) is 0 Å². The third kappa shape index (κ3) is 4.93. The number of halogens is 2. The van der Waals surface area contributed by atoms with Crippen LogP contribution in [0.1, 0.15) is 27.2 Å². The third-order valence-electron chi connectivity index (χ3n) is 4.19. The number of rotatable bonds is 7. The van der Waals surface area contributed by atoms with E-state index >= 15 is 0 Å². The Balaban J connectivity index is 1.98. The van der Waals surface area contributed by atoms with E-state index in [1.807, 2.05) is 30.3 Å². The number of nitrogens with zero attached hydrogens (tertiary/aromatic N) is 2. The summed E-state index contributed by atoms with van der Waals surface area (Å²) in [6.45, 7) is 5.85. The van der Waals surface area contributed by atoms with Gasteiger partial charge in [0.1, 0.15) is 5.56 Å². The van der Waals surface area contributed by atoms with Gasteiger partial charge in [0, 0.05) is 17.0 Å². The van der Waals surface area contributed by atoms with E-state index in [2.05, 4.69) is 11.7 Å². The number of hydrogen-bond donors (Lipinski definition) is 0. The normalized spacial score (nSPS) is 10.6. The van der Waals surface area contributed by atoms with Gasteiger partial charge in [0.25, 0.3) is 0 Å². The summed E-state index contributed by atoms with van der Waals surface area (Å²) in [6.07, 6.45) is 2.10. The highest BCUT2D eigenvalue weighted by atomic mass is 35.5. The quantitative estimate of drug-likeness (QED) is 0.259. The summed E-state index contributed by atoms with van der Waals surface area (Å²) in [5.41, 5.74) is 2.15. The van der Waals surface area contributed by atoms with Crippen LogP contribution >= 0.6 is 35.4 Å². The highest BCUT2D eigenvalue weighted by molar-refractivity contribution is 7.80. The molecule has 0 fully saturated rings. The average molecular weight is 445 g/mol. The molecule has 0 saturated heterocycles. The maximum absolute atomic E-state index is 13.2. The first kappa shape index (κ1) is 21.2. The molecule has 0 atom stereocenters. The molecule has 3 rings (SSSR count). The van der Waals surface area contributed by atoms with Crippen LogP contribution in [0, 0.1) is 6.92 Å². The molecular weight excluding hydrogens is 427 g/mol. The summed E-state index contributed by atoms with van der Waals surface area (Å²) in [5, 5.41) is 5.47. The van der Waals surface area contributed by atoms with E-state index in [9.17, 15) is 4.79 Å². The summed E-state index contributed by atoms with van der Waals surface area (Å²) in [6, 6.07) is 14.4. The molecule has 0 bridgehead atoms. The van der Waals surface area contributed by atoms with Crippen molar-refractivity contribution in [2.45, 2.75) is 19.9 Å². The van der Waals surface area contributed by atoms with Crippen molar-refractivity contribution < 1.29 is 9.53 Å². The molecular formula is C22H18Cl2N2O2S. The summed E-state index contributed by atoms with van der Waals surface area (Å²) >= 11 is 17.6. The Morgan fingerprint density at radius 2 is 1.97 bits per heavy atom. The number of carbonyl (C=O) groups excluding carboxylic acids is 1. The van der Waals surface area contributed by atoms with E-state index in [0.717, 1.165) is 5.56 Å². The van der Waals surface area contributed by atoms with Crippen molar-refractivity contribution >= 4 is 46.3 Å².